The van der Waals surface area contributed by atoms with Crippen LogP contribution in [0.15, 0.2) is 54.6 Å². The molecular formula is C23H24N2O2. The van der Waals surface area contributed by atoms with Gasteiger partial charge in [0.05, 0.1) is 11.6 Å². The highest BCUT2D eigenvalue weighted by Crippen LogP contribution is 2.55. The van der Waals surface area contributed by atoms with Gasteiger partial charge in [-0.05, 0) is 74.3 Å². The van der Waals surface area contributed by atoms with Crippen LogP contribution >= 0.6 is 0 Å². The number of hydrogen-bond acceptors (Lipinski definition) is 3. The molecule has 138 valence electrons. The van der Waals surface area contributed by atoms with E-state index in [-0.39, 0.29) is 11.5 Å². The minimum Gasteiger partial charge on any atom is -0.445 e. The summed E-state index contributed by atoms with van der Waals surface area (Å²) < 4.78 is 5.77. The number of nitriles is 1. The maximum atomic E-state index is 12.3. The van der Waals surface area contributed by atoms with Crippen molar-refractivity contribution < 1.29 is 9.53 Å². The summed E-state index contributed by atoms with van der Waals surface area (Å²) >= 11 is 0. The maximum absolute atomic E-state index is 12.3. The molecule has 0 bridgehead atoms. The predicted molar refractivity (Wildman–Crippen MR) is 104 cm³/mol. The Kier molecular flexibility index (Phi) is 4.85. The first kappa shape index (κ1) is 17.6. The molecular weight excluding hydrogens is 336 g/mol. The first-order chi connectivity index (χ1) is 13.2. The fraction of sp³-hybridized carbons (Fsp3) is 0.391. The molecule has 1 amide bonds. The number of amides is 1. The molecule has 0 aliphatic heterocycles. The molecule has 1 spiro atoms. The van der Waals surface area contributed by atoms with Crippen LogP contribution in [0.5, 0.6) is 0 Å². The number of ether oxygens (including phenoxy) is 1. The standard InChI is InChI=1S/C23H24N2O2/c24-16-17-6-8-20(9-7-17)25-22(26)27-21-12-15-23(21)13-10-19(11-14-23)18-4-2-1-3-5-18/h1-9,19,21H,10-15H2,(H,25,26). The van der Waals surface area contributed by atoms with Crippen LogP contribution in [0.3, 0.4) is 0 Å². The first-order valence-electron chi connectivity index (χ1n) is 9.71. The molecule has 2 aromatic carbocycles. The van der Waals surface area contributed by atoms with E-state index in [1.807, 2.05) is 0 Å². The molecule has 4 heteroatoms. The minimum atomic E-state index is -0.394. The van der Waals surface area contributed by atoms with Crippen LogP contribution in [-0.4, -0.2) is 12.2 Å². The van der Waals surface area contributed by atoms with Crippen LogP contribution in [0.25, 0.3) is 0 Å². The van der Waals surface area contributed by atoms with Crippen molar-refractivity contribution in [3.8, 4) is 6.07 Å². The second-order valence-corrected chi connectivity index (χ2v) is 7.79. The van der Waals surface area contributed by atoms with Crippen LogP contribution in [0.4, 0.5) is 10.5 Å². The molecule has 2 fully saturated rings. The highest BCUT2D eigenvalue weighted by atomic mass is 16.6. The smallest absolute Gasteiger partial charge is 0.411 e. The van der Waals surface area contributed by atoms with E-state index in [4.69, 9.17) is 10.00 Å². The van der Waals surface area contributed by atoms with Crippen molar-refractivity contribution in [2.75, 3.05) is 5.32 Å². The Labute approximate surface area is 160 Å². The molecule has 0 heterocycles. The quantitative estimate of drug-likeness (QED) is 0.773. The van der Waals surface area contributed by atoms with Crippen molar-refractivity contribution in [3.05, 3.63) is 65.7 Å². The van der Waals surface area contributed by atoms with E-state index >= 15 is 0 Å². The van der Waals surface area contributed by atoms with Gasteiger partial charge in [0, 0.05) is 11.1 Å². The average molecular weight is 360 g/mol. The third-order valence-corrected chi connectivity index (χ3v) is 6.35. The molecule has 2 aliphatic rings. The van der Waals surface area contributed by atoms with E-state index in [9.17, 15) is 4.79 Å². The molecule has 1 unspecified atom stereocenters. The molecule has 2 aliphatic carbocycles. The largest absolute Gasteiger partial charge is 0.445 e. The van der Waals surface area contributed by atoms with Gasteiger partial charge in [0.1, 0.15) is 6.10 Å². The van der Waals surface area contributed by atoms with E-state index < -0.39 is 6.09 Å². The van der Waals surface area contributed by atoms with Gasteiger partial charge in [-0.25, -0.2) is 4.79 Å². The number of hydrogen-bond donors (Lipinski definition) is 1. The Bertz CT molecular complexity index is 831. The molecule has 0 saturated heterocycles. The van der Waals surface area contributed by atoms with Crippen molar-refractivity contribution >= 4 is 11.8 Å². The second kappa shape index (κ2) is 7.44. The highest BCUT2D eigenvalue weighted by Gasteiger charge is 2.50. The van der Waals surface area contributed by atoms with Crippen LogP contribution in [-0.2, 0) is 4.74 Å². The van der Waals surface area contributed by atoms with E-state index in [0.717, 1.165) is 25.7 Å². The molecule has 1 atom stereocenters. The highest BCUT2D eigenvalue weighted by molar-refractivity contribution is 5.84. The van der Waals surface area contributed by atoms with Gasteiger partial charge in [-0.15, -0.1) is 0 Å². The van der Waals surface area contributed by atoms with E-state index in [2.05, 4.69) is 41.7 Å². The SMILES string of the molecule is N#Cc1ccc(NC(=O)OC2CCC23CCC(c2ccccc2)CC3)cc1. The van der Waals surface area contributed by atoms with Gasteiger partial charge in [0.25, 0.3) is 0 Å². The van der Waals surface area contributed by atoms with E-state index in [0.29, 0.717) is 17.2 Å². The normalized spacial score (nSPS) is 26.6. The summed E-state index contributed by atoms with van der Waals surface area (Å²) in [6.45, 7) is 0. The molecule has 0 radical (unpaired) electrons. The van der Waals surface area contributed by atoms with Crippen molar-refractivity contribution in [3.63, 3.8) is 0 Å². The van der Waals surface area contributed by atoms with Crippen LogP contribution in [0.2, 0.25) is 0 Å². The van der Waals surface area contributed by atoms with Crippen molar-refractivity contribution in [2.45, 2.75) is 50.5 Å². The molecule has 27 heavy (non-hydrogen) atoms. The lowest BCUT2D eigenvalue weighted by molar-refractivity contribution is -0.0915. The number of nitrogens with one attached hydrogen (secondary N) is 1. The third kappa shape index (κ3) is 3.68. The zero-order chi connectivity index (χ0) is 18.7. The monoisotopic (exact) mass is 360 g/mol. The van der Waals surface area contributed by atoms with Gasteiger partial charge in [-0.2, -0.15) is 5.26 Å². The molecule has 2 aromatic rings. The summed E-state index contributed by atoms with van der Waals surface area (Å²) in [4.78, 5) is 12.3. The zero-order valence-electron chi connectivity index (χ0n) is 15.4. The molecule has 2 saturated carbocycles. The van der Waals surface area contributed by atoms with Crippen molar-refractivity contribution in [2.24, 2.45) is 5.41 Å². The summed E-state index contributed by atoms with van der Waals surface area (Å²) in [6, 6.07) is 19.6. The predicted octanol–water partition coefficient (Wildman–Crippen LogP) is 5.61. The molecule has 1 N–H and O–H groups in total. The first-order valence-corrected chi connectivity index (χ1v) is 9.71. The van der Waals surface area contributed by atoms with E-state index in [1.54, 1.807) is 24.3 Å². The van der Waals surface area contributed by atoms with E-state index in [1.165, 1.54) is 18.4 Å². The molecule has 0 aromatic heterocycles. The summed E-state index contributed by atoms with van der Waals surface area (Å²) in [5, 5.41) is 11.6. The number of benzene rings is 2. The summed E-state index contributed by atoms with van der Waals surface area (Å²) in [6.07, 6.45) is 6.33. The van der Waals surface area contributed by atoms with Gasteiger partial charge in [-0.1, -0.05) is 30.3 Å². The lowest BCUT2D eigenvalue weighted by atomic mass is 9.56. The van der Waals surface area contributed by atoms with Crippen molar-refractivity contribution in [1.82, 2.24) is 0 Å². The fourth-order valence-electron chi connectivity index (χ4n) is 4.58. The number of carbonyl (C=O) groups excluding carboxylic acids is 1. The van der Waals surface area contributed by atoms with Crippen LogP contribution < -0.4 is 5.32 Å². The van der Waals surface area contributed by atoms with Gasteiger partial charge >= 0.3 is 6.09 Å². The Morgan fingerprint density at radius 2 is 1.67 bits per heavy atom. The summed E-state index contributed by atoms with van der Waals surface area (Å²) in [7, 11) is 0. The van der Waals surface area contributed by atoms with Crippen molar-refractivity contribution in [1.29, 1.82) is 5.26 Å². The fourth-order valence-corrected chi connectivity index (χ4v) is 4.58. The molecule has 4 nitrogen and oxygen atoms in total. The van der Waals surface area contributed by atoms with Crippen LogP contribution in [0.1, 0.15) is 55.6 Å². The number of anilines is 1. The zero-order valence-corrected chi connectivity index (χ0v) is 15.4. The Balaban J connectivity index is 1.31. The summed E-state index contributed by atoms with van der Waals surface area (Å²) in [5.74, 6) is 0.630. The third-order valence-electron chi connectivity index (χ3n) is 6.35. The topological polar surface area (TPSA) is 62.1 Å². The van der Waals surface area contributed by atoms with Crippen LogP contribution in [0, 0.1) is 16.7 Å². The van der Waals surface area contributed by atoms with Gasteiger partial charge < -0.3 is 4.74 Å². The Morgan fingerprint density at radius 1 is 1.00 bits per heavy atom. The summed E-state index contributed by atoms with van der Waals surface area (Å²) in [5.41, 5.74) is 2.83. The minimum absolute atomic E-state index is 0.0209. The lowest BCUT2D eigenvalue weighted by Gasteiger charge is -2.52. The maximum Gasteiger partial charge on any atom is 0.411 e. The number of carbonyl (C=O) groups is 1. The Hall–Kier alpha value is -2.80. The van der Waals surface area contributed by atoms with Gasteiger partial charge in [-0.3, -0.25) is 5.32 Å². The number of rotatable bonds is 3. The second-order valence-electron chi connectivity index (χ2n) is 7.79. The van der Waals surface area contributed by atoms with Gasteiger partial charge in [0.15, 0.2) is 0 Å². The lowest BCUT2D eigenvalue weighted by Crippen LogP contribution is -2.49. The van der Waals surface area contributed by atoms with Gasteiger partial charge in [0.2, 0.25) is 0 Å². The Morgan fingerprint density at radius 3 is 2.26 bits per heavy atom. The average Bonchev–Trinajstić information content (AvgIpc) is 2.72. The molecule has 4 rings (SSSR count). The number of nitrogens with zero attached hydrogens (tertiary/aromatic N) is 1.